The van der Waals surface area contributed by atoms with Gasteiger partial charge in [0, 0.05) is 5.56 Å². The monoisotopic (exact) mass is 292 g/mol. The summed E-state index contributed by atoms with van der Waals surface area (Å²) in [6, 6.07) is 8.27. The van der Waals surface area contributed by atoms with Crippen LogP contribution in [0.5, 0.6) is 0 Å². The SMILES string of the molecule is CC(C)(C)OC(=O)NC(CCCN)C(=O)c1ccccc1. The minimum Gasteiger partial charge on any atom is -0.444 e. The van der Waals surface area contributed by atoms with Gasteiger partial charge in [-0.05, 0) is 40.2 Å². The quantitative estimate of drug-likeness (QED) is 0.789. The second kappa shape index (κ2) is 7.78. The van der Waals surface area contributed by atoms with Crippen LogP contribution in [0.25, 0.3) is 0 Å². The third kappa shape index (κ3) is 6.40. The molecule has 1 rings (SSSR count). The maximum atomic E-state index is 12.4. The van der Waals surface area contributed by atoms with E-state index in [1.807, 2.05) is 6.07 Å². The number of hydrogen-bond donors (Lipinski definition) is 2. The number of benzene rings is 1. The predicted octanol–water partition coefficient (Wildman–Crippen LogP) is 2.50. The van der Waals surface area contributed by atoms with E-state index in [2.05, 4.69) is 5.32 Å². The van der Waals surface area contributed by atoms with Gasteiger partial charge in [-0.25, -0.2) is 4.79 Å². The Hall–Kier alpha value is -1.88. The largest absolute Gasteiger partial charge is 0.444 e. The van der Waals surface area contributed by atoms with E-state index in [0.717, 1.165) is 0 Å². The van der Waals surface area contributed by atoms with E-state index in [9.17, 15) is 9.59 Å². The molecule has 116 valence electrons. The van der Waals surface area contributed by atoms with Crippen molar-refractivity contribution in [1.29, 1.82) is 0 Å². The van der Waals surface area contributed by atoms with E-state index in [0.29, 0.717) is 24.9 Å². The predicted molar refractivity (Wildman–Crippen MR) is 82.2 cm³/mol. The summed E-state index contributed by atoms with van der Waals surface area (Å²) in [5.41, 5.74) is 5.46. The smallest absolute Gasteiger partial charge is 0.408 e. The second-order valence-electron chi connectivity index (χ2n) is 5.86. The molecular formula is C16H24N2O3. The molecular weight excluding hydrogens is 268 g/mol. The van der Waals surface area contributed by atoms with Gasteiger partial charge in [-0.1, -0.05) is 30.3 Å². The Balaban J connectivity index is 2.76. The molecule has 0 spiro atoms. The molecule has 1 atom stereocenters. The summed E-state index contributed by atoms with van der Waals surface area (Å²) in [6.45, 7) is 5.80. The average molecular weight is 292 g/mol. The number of ether oxygens (including phenoxy) is 1. The Morgan fingerprint density at radius 1 is 1.24 bits per heavy atom. The molecule has 5 nitrogen and oxygen atoms in total. The van der Waals surface area contributed by atoms with Gasteiger partial charge in [0.15, 0.2) is 5.78 Å². The number of Topliss-reactive ketones (excluding diaryl/α,β-unsaturated/α-hetero) is 1. The molecule has 0 saturated carbocycles. The molecule has 0 fully saturated rings. The van der Waals surface area contributed by atoms with Crippen molar-refractivity contribution in [3.05, 3.63) is 35.9 Å². The lowest BCUT2D eigenvalue weighted by Crippen LogP contribution is -2.43. The fourth-order valence-corrected chi connectivity index (χ4v) is 1.84. The lowest BCUT2D eigenvalue weighted by Gasteiger charge is -2.23. The number of nitrogens with one attached hydrogen (secondary N) is 1. The van der Waals surface area contributed by atoms with Crippen LogP contribution in [0.2, 0.25) is 0 Å². The zero-order valence-corrected chi connectivity index (χ0v) is 12.9. The Morgan fingerprint density at radius 2 is 1.86 bits per heavy atom. The van der Waals surface area contributed by atoms with E-state index in [1.54, 1.807) is 45.0 Å². The van der Waals surface area contributed by atoms with E-state index in [-0.39, 0.29) is 5.78 Å². The Morgan fingerprint density at radius 3 is 2.38 bits per heavy atom. The molecule has 0 aliphatic rings. The van der Waals surface area contributed by atoms with Crippen LogP contribution in [0.1, 0.15) is 44.0 Å². The molecule has 5 heteroatoms. The van der Waals surface area contributed by atoms with Gasteiger partial charge in [0.1, 0.15) is 5.60 Å². The van der Waals surface area contributed by atoms with Crippen LogP contribution in [0.3, 0.4) is 0 Å². The van der Waals surface area contributed by atoms with Gasteiger partial charge in [-0.2, -0.15) is 0 Å². The van der Waals surface area contributed by atoms with Crippen molar-refractivity contribution in [2.75, 3.05) is 6.54 Å². The summed E-state index contributed by atoms with van der Waals surface area (Å²) in [6.07, 6.45) is 0.552. The van der Waals surface area contributed by atoms with E-state index in [1.165, 1.54) is 0 Å². The first-order chi connectivity index (χ1) is 9.83. The molecule has 0 aliphatic heterocycles. The number of carbonyl (C=O) groups is 2. The number of hydrogen-bond acceptors (Lipinski definition) is 4. The summed E-state index contributed by atoms with van der Waals surface area (Å²) in [5.74, 6) is -0.130. The summed E-state index contributed by atoms with van der Waals surface area (Å²) in [5, 5.41) is 2.64. The van der Waals surface area contributed by atoms with Gasteiger partial charge in [-0.15, -0.1) is 0 Å². The number of alkyl carbamates (subject to hydrolysis) is 1. The fourth-order valence-electron chi connectivity index (χ4n) is 1.84. The molecule has 0 aromatic heterocycles. The normalized spacial score (nSPS) is 12.6. The van der Waals surface area contributed by atoms with Crippen LogP contribution in [-0.2, 0) is 4.74 Å². The van der Waals surface area contributed by atoms with Crippen LogP contribution < -0.4 is 11.1 Å². The van der Waals surface area contributed by atoms with E-state index >= 15 is 0 Å². The van der Waals surface area contributed by atoms with E-state index < -0.39 is 17.7 Å². The van der Waals surface area contributed by atoms with Crippen LogP contribution >= 0.6 is 0 Å². The highest BCUT2D eigenvalue weighted by molar-refractivity contribution is 6.01. The highest BCUT2D eigenvalue weighted by Crippen LogP contribution is 2.11. The van der Waals surface area contributed by atoms with Crippen molar-refractivity contribution in [3.63, 3.8) is 0 Å². The molecule has 0 radical (unpaired) electrons. The molecule has 0 bridgehead atoms. The van der Waals surface area contributed by atoms with Crippen LogP contribution in [0, 0.1) is 0 Å². The number of ketones is 1. The van der Waals surface area contributed by atoms with Crippen molar-refractivity contribution in [3.8, 4) is 0 Å². The first-order valence-electron chi connectivity index (χ1n) is 7.12. The number of nitrogens with two attached hydrogens (primary N) is 1. The van der Waals surface area contributed by atoms with Crippen molar-refractivity contribution in [1.82, 2.24) is 5.32 Å². The third-order valence-electron chi connectivity index (χ3n) is 2.76. The molecule has 0 aliphatic carbocycles. The van der Waals surface area contributed by atoms with E-state index in [4.69, 9.17) is 10.5 Å². The van der Waals surface area contributed by atoms with Gasteiger partial charge < -0.3 is 15.8 Å². The number of amides is 1. The van der Waals surface area contributed by atoms with Gasteiger partial charge in [0.2, 0.25) is 0 Å². The molecule has 21 heavy (non-hydrogen) atoms. The summed E-state index contributed by atoms with van der Waals surface area (Å²) < 4.78 is 5.20. The molecule has 0 heterocycles. The van der Waals surface area contributed by atoms with Crippen LogP contribution in [-0.4, -0.2) is 30.1 Å². The zero-order valence-electron chi connectivity index (χ0n) is 12.9. The van der Waals surface area contributed by atoms with Gasteiger partial charge >= 0.3 is 6.09 Å². The Kier molecular flexibility index (Phi) is 6.37. The summed E-state index contributed by atoms with van der Waals surface area (Å²) in [7, 11) is 0. The lowest BCUT2D eigenvalue weighted by molar-refractivity contribution is 0.0488. The molecule has 1 aromatic rings. The lowest BCUT2D eigenvalue weighted by atomic mass is 10.0. The molecule has 1 unspecified atom stereocenters. The Bertz CT molecular complexity index is 466. The van der Waals surface area contributed by atoms with Gasteiger partial charge in [0.25, 0.3) is 0 Å². The topological polar surface area (TPSA) is 81.4 Å². The second-order valence-corrected chi connectivity index (χ2v) is 5.86. The summed E-state index contributed by atoms with van der Waals surface area (Å²) >= 11 is 0. The minimum atomic E-state index is -0.620. The highest BCUT2D eigenvalue weighted by atomic mass is 16.6. The molecule has 0 saturated heterocycles. The molecule has 1 amide bonds. The Labute approximate surface area is 125 Å². The molecule has 1 aromatic carbocycles. The summed E-state index contributed by atoms with van der Waals surface area (Å²) in [4.78, 5) is 24.3. The molecule has 3 N–H and O–H groups in total. The average Bonchev–Trinajstić information content (AvgIpc) is 2.41. The minimum absolute atomic E-state index is 0.130. The highest BCUT2D eigenvalue weighted by Gasteiger charge is 2.24. The first kappa shape index (κ1) is 17.2. The van der Waals surface area contributed by atoms with Crippen LogP contribution in [0.4, 0.5) is 4.79 Å². The van der Waals surface area contributed by atoms with Crippen molar-refractivity contribution in [2.45, 2.75) is 45.3 Å². The van der Waals surface area contributed by atoms with Crippen LogP contribution in [0.15, 0.2) is 30.3 Å². The maximum Gasteiger partial charge on any atom is 0.408 e. The van der Waals surface area contributed by atoms with Gasteiger partial charge in [0.05, 0.1) is 6.04 Å². The third-order valence-corrected chi connectivity index (χ3v) is 2.76. The van der Waals surface area contributed by atoms with Crippen molar-refractivity contribution < 1.29 is 14.3 Å². The zero-order chi connectivity index (χ0) is 15.9. The van der Waals surface area contributed by atoms with Gasteiger partial charge in [-0.3, -0.25) is 4.79 Å². The maximum absolute atomic E-state index is 12.4. The first-order valence-corrected chi connectivity index (χ1v) is 7.12. The fraction of sp³-hybridized carbons (Fsp3) is 0.500. The number of rotatable bonds is 6. The van der Waals surface area contributed by atoms with Crippen molar-refractivity contribution in [2.24, 2.45) is 5.73 Å². The van der Waals surface area contributed by atoms with Crippen molar-refractivity contribution >= 4 is 11.9 Å². The number of carbonyl (C=O) groups excluding carboxylic acids is 2. The standard InChI is InChI=1S/C16H24N2O3/c1-16(2,3)21-15(20)18-13(10-7-11-17)14(19)12-8-5-4-6-9-12/h4-6,8-9,13H,7,10-11,17H2,1-3H3,(H,18,20).